The Bertz CT molecular complexity index is 775. The maximum atomic E-state index is 12.2. The van der Waals surface area contributed by atoms with E-state index in [0.29, 0.717) is 29.7 Å². The molecule has 27 heavy (non-hydrogen) atoms. The van der Waals surface area contributed by atoms with Crippen molar-refractivity contribution in [3.63, 3.8) is 0 Å². The van der Waals surface area contributed by atoms with E-state index < -0.39 is 0 Å². The van der Waals surface area contributed by atoms with Crippen LogP contribution in [-0.4, -0.2) is 32.3 Å². The Morgan fingerprint density at radius 3 is 2.85 bits per heavy atom. The molecule has 0 spiro atoms. The minimum absolute atomic E-state index is 0.0826. The molecule has 0 unspecified atom stereocenters. The van der Waals surface area contributed by atoms with Crippen molar-refractivity contribution in [2.75, 3.05) is 20.3 Å². The van der Waals surface area contributed by atoms with E-state index in [2.05, 4.69) is 5.32 Å². The quantitative estimate of drug-likeness (QED) is 0.746. The molecule has 1 fully saturated rings. The Kier molecular flexibility index (Phi) is 6.96. The SMILES string of the molecule is COc1cc(CNC(=O)Cc2ccccc2Cl)ccc1OC[C@H]1CCCO1. The van der Waals surface area contributed by atoms with E-state index in [1.54, 1.807) is 13.2 Å². The second kappa shape index (κ2) is 9.62. The van der Waals surface area contributed by atoms with E-state index >= 15 is 0 Å². The second-order valence-electron chi connectivity index (χ2n) is 6.48. The van der Waals surface area contributed by atoms with E-state index in [1.807, 2.05) is 36.4 Å². The highest BCUT2D eigenvalue weighted by molar-refractivity contribution is 6.31. The highest BCUT2D eigenvalue weighted by Crippen LogP contribution is 2.29. The summed E-state index contributed by atoms with van der Waals surface area (Å²) in [6.45, 7) is 1.73. The highest BCUT2D eigenvalue weighted by Gasteiger charge is 2.17. The van der Waals surface area contributed by atoms with Crippen molar-refractivity contribution < 1.29 is 19.0 Å². The van der Waals surface area contributed by atoms with Crippen LogP contribution in [0.25, 0.3) is 0 Å². The molecule has 1 heterocycles. The minimum Gasteiger partial charge on any atom is -0.493 e. The number of hydrogen-bond donors (Lipinski definition) is 1. The normalized spacial score (nSPS) is 16.1. The van der Waals surface area contributed by atoms with Gasteiger partial charge in [-0.3, -0.25) is 4.79 Å². The molecule has 0 aliphatic carbocycles. The first-order valence-corrected chi connectivity index (χ1v) is 9.45. The number of ether oxygens (including phenoxy) is 3. The lowest BCUT2D eigenvalue weighted by Crippen LogP contribution is -2.24. The molecule has 2 aromatic rings. The van der Waals surface area contributed by atoms with Crippen molar-refractivity contribution in [3.8, 4) is 11.5 Å². The number of amides is 1. The van der Waals surface area contributed by atoms with Gasteiger partial charge in [0.1, 0.15) is 6.61 Å². The van der Waals surface area contributed by atoms with Gasteiger partial charge in [0.2, 0.25) is 5.91 Å². The molecule has 5 nitrogen and oxygen atoms in total. The zero-order chi connectivity index (χ0) is 19.1. The second-order valence-corrected chi connectivity index (χ2v) is 6.88. The Hall–Kier alpha value is -2.24. The third-order valence-electron chi connectivity index (χ3n) is 4.48. The van der Waals surface area contributed by atoms with Gasteiger partial charge in [-0.05, 0) is 42.2 Å². The molecule has 1 saturated heterocycles. The van der Waals surface area contributed by atoms with Crippen LogP contribution in [0.4, 0.5) is 0 Å². The number of hydrogen-bond acceptors (Lipinski definition) is 4. The third kappa shape index (κ3) is 5.62. The summed E-state index contributed by atoms with van der Waals surface area (Å²) in [5.41, 5.74) is 1.75. The van der Waals surface area contributed by atoms with Gasteiger partial charge >= 0.3 is 0 Å². The van der Waals surface area contributed by atoms with Crippen LogP contribution >= 0.6 is 11.6 Å². The van der Waals surface area contributed by atoms with Crippen molar-refractivity contribution in [3.05, 3.63) is 58.6 Å². The van der Waals surface area contributed by atoms with Crippen LogP contribution in [0.3, 0.4) is 0 Å². The van der Waals surface area contributed by atoms with E-state index in [1.165, 1.54) is 0 Å². The molecule has 6 heteroatoms. The van der Waals surface area contributed by atoms with Gasteiger partial charge in [-0.25, -0.2) is 0 Å². The number of rotatable bonds is 8. The summed E-state index contributed by atoms with van der Waals surface area (Å²) >= 11 is 6.10. The first-order valence-electron chi connectivity index (χ1n) is 9.07. The Morgan fingerprint density at radius 1 is 1.26 bits per heavy atom. The lowest BCUT2D eigenvalue weighted by molar-refractivity contribution is -0.120. The lowest BCUT2D eigenvalue weighted by atomic mass is 10.1. The Balaban J connectivity index is 1.53. The van der Waals surface area contributed by atoms with Crippen LogP contribution in [0.2, 0.25) is 5.02 Å². The Morgan fingerprint density at radius 2 is 2.11 bits per heavy atom. The van der Waals surface area contributed by atoms with Crippen LogP contribution in [0.5, 0.6) is 11.5 Å². The van der Waals surface area contributed by atoms with Crippen LogP contribution < -0.4 is 14.8 Å². The molecule has 1 aliphatic heterocycles. The summed E-state index contributed by atoms with van der Waals surface area (Å²) in [5.74, 6) is 1.24. The van der Waals surface area contributed by atoms with Crippen LogP contribution in [-0.2, 0) is 22.5 Å². The number of halogens is 1. The molecule has 1 atom stereocenters. The summed E-state index contributed by atoms with van der Waals surface area (Å²) in [7, 11) is 1.61. The van der Waals surface area contributed by atoms with Gasteiger partial charge in [0.15, 0.2) is 11.5 Å². The van der Waals surface area contributed by atoms with Gasteiger partial charge < -0.3 is 19.5 Å². The zero-order valence-electron chi connectivity index (χ0n) is 15.4. The molecule has 3 rings (SSSR count). The van der Waals surface area contributed by atoms with E-state index in [9.17, 15) is 4.79 Å². The summed E-state index contributed by atoms with van der Waals surface area (Å²) < 4.78 is 16.8. The summed E-state index contributed by atoms with van der Waals surface area (Å²) in [5, 5.41) is 3.51. The number of benzene rings is 2. The highest BCUT2D eigenvalue weighted by atomic mass is 35.5. The average Bonchev–Trinajstić information content (AvgIpc) is 3.20. The lowest BCUT2D eigenvalue weighted by Gasteiger charge is -2.15. The molecular weight excluding hydrogens is 366 g/mol. The molecule has 1 amide bonds. The number of nitrogens with one attached hydrogen (secondary N) is 1. The molecule has 2 aromatic carbocycles. The number of carbonyl (C=O) groups is 1. The van der Waals surface area contributed by atoms with Crippen molar-refractivity contribution >= 4 is 17.5 Å². The molecule has 0 saturated carbocycles. The van der Waals surface area contributed by atoms with Crippen molar-refractivity contribution in [1.82, 2.24) is 5.32 Å². The minimum atomic E-state index is -0.0826. The Labute approximate surface area is 164 Å². The summed E-state index contributed by atoms with van der Waals surface area (Å²) in [6, 6.07) is 13.0. The van der Waals surface area contributed by atoms with Gasteiger partial charge in [0, 0.05) is 18.2 Å². The van der Waals surface area contributed by atoms with Crippen LogP contribution in [0, 0.1) is 0 Å². The molecule has 1 N–H and O–H groups in total. The van der Waals surface area contributed by atoms with Crippen LogP contribution in [0.15, 0.2) is 42.5 Å². The van der Waals surface area contributed by atoms with E-state index in [0.717, 1.165) is 30.6 Å². The first-order chi connectivity index (χ1) is 13.2. The van der Waals surface area contributed by atoms with E-state index in [-0.39, 0.29) is 18.4 Å². The molecule has 144 valence electrons. The smallest absolute Gasteiger partial charge is 0.224 e. The van der Waals surface area contributed by atoms with Crippen molar-refractivity contribution in [2.24, 2.45) is 0 Å². The number of carbonyl (C=O) groups excluding carboxylic acids is 1. The fraction of sp³-hybridized carbons (Fsp3) is 0.381. The van der Waals surface area contributed by atoms with Gasteiger partial charge in [-0.15, -0.1) is 0 Å². The maximum absolute atomic E-state index is 12.2. The molecule has 0 aromatic heterocycles. The zero-order valence-corrected chi connectivity index (χ0v) is 16.1. The summed E-state index contributed by atoms with van der Waals surface area (Å²) in [4.78, 5) is 12.2. The fourth-order valence-corrected chi connectivity index (χ4v) is 3.18. The molecular formula is C21H24ClNO4. The number of methoxy groups -OCH3 is 1. The predicted octanol–water partition coefficient (Wildman–Crippen LogP) is 3.77. The van der Waals surface area contributed by atoms with Gasteiger partial charge in [0.05, 0.1) is 19.6 Å². The van der Waals surface area contributed by atoms with Crippen LogP contribution in [0.1, 0.15) is 24.0 Å². The standard InChI is InChI=1S/C21H24ClNO4/c1-25-20-11-15(8-9-19(20)27-14-17-6-4-10-26-17)13-23-21(24)12-16-5-2-3-7-18(16)22/h2-3,5,7-9,11,17H,4,6,10,12-14H2,1H3,(H,23,24)/t17-/m1/s1. The first kappa shape index (κ1) is 19.5. The maximum Gasteiger partial charge on any atom is 0.224 e. The topological polar surface area (TPSA) is 56.8 Å². The largest absolute Gasteiger partial charge is 0.493 e. The predicted molar refractivity (Wildman–Crippen MR) is 104 cm³/mol. The van der Waals surface area contributed by atoms with Gasteiger partial charge in [-0.1, -0.05) is 35.9 Å². The van der Waals surface area contributed by atoms with Crippen molar-refractivity contribution in [2.45, 2.75) is 31.9 Å². The molecule has 0 bridgehead atoms. The average molecular weight is 390 g/mol. The molecule has 1 aliphatic rings. The van der Waals surface area contributed by atoms with Gasteiger partial charge in [0.25, 0.3) is 0 Å². The van der Waals surface area contributed by atoms with Crippen molar-refractivity contribution in [1.29, 1.82) is 0 Å². The molecule has 0 radical (unpaired) electrons. The third-order valence-corrected chi connectivity index (χ3v) is 4.84. The fourth-order valence-electron chi connectivity index (χ4n) is 2.98. The summed E-state index contributed by atoms with van der Waals surface area (Å²) in [6.07, 6.45) is 2.51. The van der Waals surface area contributed by atoms with E-state index in [4.69, 9.17) is 25.8 Å². The monoisotopic (exact) mass is 389 g/mol. The van der Waals surface area contributed by atoms with Gasteiger partial charge in [-0.2, -0.15) is 0 Å².